The van der Waals surface area contributed by atoms with E-state index in [9.17, 15) is 4.79 Å². The lowest BCUT2D eigenvalue weighted by Gasteiger charge is -2.31. The van der Waals surface area contributed by atoms with E-state index in [0.29, 0.717) is 22.6 Å². The molecule has 0 aliphatic carbocycles. The van der Waals surface area contributed by atoms with Gasteiger partial charge in [0.25, 0.3) is 0 Å². The Kier molecular flexibility index (Phi) is 6.00. The number of carbonyl (C=O) groups excluding carboxylic acids is 1. The van der Waals surface area contributed by atoms with Crippen molar-refractivity contribution >= 4 is 34.8 Å². The molecule has 0 atom stereocenters. The number of hydrogen-bond donors (Lipinski definition) is 2. The predicted octanol–water partition coefficient (Wildman–Crippen LogP) is 4.94. The second-order valence-corrected chi connectivity index (χ2v) is 9.15. The largest absolute Gasteiger partial charge is 0.325 e. The van der Waals surface area contributed by atoms with Gasteiger partial charge in [0, 0.05) is 28.5 Å². The van der Waals surface area contributed by atoms with Gasteiger partial charge in [-0.15, -0.1) is 0 Å². The number of nitrogens with zero attached hydrogens (tertiary/aromatic N) is 4. The van der Waals surface area contributed by atoms with Crippen LogP contribution in [0.15, 0.2) is 36.7 Å². The van der Waals surface area contributed by atoms with E-state index in [1.54, 1.807) is 18.3 Å². The van der Waals surface area contributed by atoms with Gasteiger partial charge < -0.3 is 15.5 Å². The Morgan fingerprint density at radius 1 is 1.18 bits per heavy atom. The highest BCUT2D eigenvalue weighted by molar-refractivity contribution is 6.31. The van der Waals surface area contributed by atoms with Gasteiger partial charge in [0.1, 0.15) is 0 Å². The van der Waals surface area contributed by atoms with Crippen LogP contribution in [-0.4, -0.2) is 45.4 Å². The molecule has 2 aromatic heterocycles. The minimum absolute atomic E-state index is 0.108. The summed E-state index contributed by atoms with van der Waals surface area (Å²) in [5.41, 5.74) is 6.06. The summed E-state index contributed by atoms with van der Waals surface area (Å²) in [5.74, 6) is 0.887. The summed E-state index contributed by atoms with van der Waals surface area (Å²) in [4.78, 5) is 28.8. The lowest BCUT2D eigenvalue weighted by molar-refractivity contribution is -0.115. The lowest BCUT2D eigenvalue weighted by Crippen LogP contribution is -2.32. The summed E-state index contributed by atoms with van der Waals surface area (Å²) < 4.78 is 0. The van der Waals surface area contributed by atoms with Gasteiger partial charge in [0.2, 0.25) is 11.9 Å². The van der Waals surface area contributed by atoms with Gasteiger partial charge in [0.15, 0.2) is 0 Å². The van der Waals surface area contributed by atoms with Crippen LogP contribution in [0.1, 0.15) is 42.5 Å². The highest BCUT2D eigenvalue weighted by atomic mass is 35.5. The van der Waals surface area contributed by atoms with E-state index in [2.05, 4.69) is 38.5 Å². The number of rotatable bonds is 4. The maximum atomic E-state index is 12.3. The third kappa shape index (κ3) is 4.56. The molecule has 170 valence electrons. The molecule has 1 saturated heterocycles. The molecule has 7 nitrogen and oxygen atoms in total. The van der Waals surface area contributed by atoms with Crippen molar-refractivity contribution in [3.63, 3.8) is 0 Å². The molecule has 0 unspecified atom stereocenters. The summed E-state index contributed by atoms with van der Waals surface area (Å²) in [7, 11) is 0. The molecule has 2 aliphatic rings. The van der Waals surface area contributed by atoms with Crippen LogP contribution in [0.25, 0.3) is 11.3 Å². The average molecular weight is 463 g/mol. The number of amides is 1. The maximum absolute atomic E-state index is 12.3. The molecule has 0 spiro atoms. The Morgan fingerprint density at radius 2 is 2.00 bits per heavy atom. The fourth-order valence-electron chi connectivity index (χ4n) is 4.63. The van der Waals surface area contributed by atoms with Crippen LogP contribution < -0.4 is 10.6 Å². The van der Waals surface area contributed by atoms with E-state index in [1.165, 1.54) is 5.56 Å². The number of halogens is 1. The number of pyridine rings is 1. The van der Waals surface area contributed by atoms with Crippen LogP contribution >= 0.6 is 11.6 Å². The predicted molar refractivity (Wildman–Crippen MR) is 131 cm³/mol. The zero-order valence-electron chi connectivity index (χ0n) is 18.9. The maximum Gasteiger partial charge on any atom is 0.228 e. The molecule has 8 heteroatoms. The lowest BCUT2D eigenvalue weighted by atomic mass is 9.90. The number of aryl methyl sites for hydroxylation is 1. The van der Waals surface area contributed by atoms with E-state index in [1.807, 2.05) is 19.2 Å². The van der Waals surface area contributed by atoms with Gasteiger partial charge >= 0.3 is 0 Å². The highest BCUT2D eigenvalue weighted by Crippen LogP contribution is 2.35. The summed E-state index contributed by atoms with van der Waals surface area (Å²) in [6.07, 6.45) is 6.24. The number of fused-ring (bicyclic) bond motifs is 3. The first kappa shape index (κ1) is 21.8. The number of benzene rings is 1. The first-order valence-electron chi connectivity index (χ1n) is 11.4. The Balaban J connectivity index is 1.44. The molecule has 4 heterocycles. The topological polar surface area (TPSA) is 83.0 Å². The van der Waals surface area contributed by atoms with Crippen molar-refractivity contribution in [2.45, 2.75) is 39.0 Å². The first-order chi connectivity index (χ1) is 16.0. The molecule has 0 radical (unpaired) electrons. The van der Waals surface area contributed by atoms with E-state index in [4.69, 9.17) is 16.6 Å². The van der Waals surface area contributed by atoms with Crippen molar-refractivity contribution in [3.05, 3.63) is 58.5 Å². The molecule has 3 aromatic rings. The monoisotopic (exact) mass is 462 g/mol. The zero-order valence-corrected chi connectivity index (χ0v) is 19.6. The smallest absolute Gasteiger partial charge is 0.228 e. The molecule has 1 amide bonds. The van der Waals surface area contributed by atoms with Crippen LogP contribution in [-0.2, 0) is 11.2 Å². The highest BCUT2D eigenvalue weighted by Gasteiger charge is 2.23. The molecule has 2 aliphatic heterocycles. The van der Waals surface area contributed by atoms with Crippen molar-refractivity contribution < 1.29 is 4.79 Å². The van der Waals surface area contributed by atoms with Crippen LogP contribution in [0.4, 0.5) is 17.3 Å². The second kappa shape index (κ2) is 9.08. The SMILES string of the molecule is CCN1CCC(c2cnc(C)c(Nc3ncc4c(n3)-c3ccc(Cl)cc3NC(=O)C4)c2)CC1. The van der Waals surface area contributed by atoms with E-state index in [-0.39, 0.29) is 12.3 Å². The van der Waals surface area contributed by atoms with Gasteiger partial charge in [-0.2, -0.15) is 0 Å². The molecule has 0 saturated carbocycles. The van der Waals surface area contributed by atoms with Gasteiger partial charge in [-0.3, -0.25) is 9.78 Å². The molecule has 5 rings (SSSR count). The van der Waals surface area contributed by atoms with Gasteiger partial charge in [-0.25, -0.2) is 9.97 Å². The Hall–Kier alpha value is -3.03. The summed E-state index contributed by atoms with van der Waals surface area (Å²) >= 11 is 6.15. The standard InChI is InChI=1S/C25H27ClN6O/c1-3-32-8-6-16(7-9-32)17-10-21(15(2)27-13-17)30-25-28-14-18-11-23(33)29-22-12-19(26)4-5-20(22)24(18)31-25/h4-5,10,12-14,16H,3,6-9,11H2,1-2H3,(H,29,33)(H,28,30,31). The number of nitrogens with one attached hydrogen (secondary N) is 2. The van der Waals surface area contributed by atoms with E-state index >= 15 is 0 Å². The van der Waals surface area contributed by atoms with Crippen molar-refractivity contribution in [2.75, 3.05) is 30.3 Å². The van der Waals surface area contributed by atoms with Gasteiger partial charge in [-0.05, 0) is 75.1 Å². The zero-order chi connectivity index (χ0) is 22.9. The Morgan fingerprint density at radius 3 is 2.79 bits per heavy atom. The third-order valence-electron chi connectivity index (χ3n) is 6.59. The number of anilines is 3. The van der Waals surface area contributed by atoms with Gasteiger partial charge in [-0.1, -0.05) is 18.5 Å². The normalized spacial score (nSPS) is 16.5. The van der Waals surface area contributed by atoms with Crippen LogP contribution in [0.3, 0.4) is 0 Å². The molecule has 1 aromatic carbocycles. The molecule has 1 fully saturated rings. The molecular formula is C25H27ClN6O. The fourth-order valence-corrected chi connectivity index (χ4v) is 4.80. The minimum Gasteiger partial charge on any atom is -0.325 e. The number of aromatic nitrogens is 3. The summed E-state index contributed by atoms with van der Waals surface area (Å²) in [6, 6.07) is 7.62. The van der Waals surface area contributed by atoms with Crippen LogP contribution in [0, 0.1) is 6.92 Å². The minimum atomic E-state index is -0.108. The van der Waals surface area contributed by atoms with Crippen LogP contribution in [0.2, 0.25) is 5.02 Å². The van der Waals surface area contributed by atoms with Crippen molar-refractivity contribution in [1.29, 1.82) is 0 Å². The van der Waals surface area contributed by atoms with E-state index < -0.39 is 0 Å². The first-order valence-corrected chi connectivity index (χ1v) is 11.8. The van der Waals surface area contributed by atoms with Crippen molar-refractivity contribution in [3.8, 4) is 11.3 Å². The number of piperidine rings is 1. The van der Waals surface area contributed by atoms with Crippen LogP contribution in [0.5, 0.6) is 0 Å². The Labute approximate surface area is 198 Å². The molecule has 33 heavy (non-hydrogen) atoms. The van der Waals surface area contributed by atoms with Gasteiger partial charge in [0.05, 0.1) is 29.2 Å². The average Bonchev–Trinajstić information content (AvgIpc) is 2.95. The quantitative estimate of drug-likeness (QED) is 0.571. The van der Waals surface area contributed by atoms with Crippen molar-refractivity contribution in [1.82, 2.24) is 19.9 Å². The summed E-state index contributed by atoms with van der Waals surface area (Å²) in [5, 5.41) is 6.85. The van der Waals surface area contributed by atoms with E-state index in [0.717, 1.165) is 60.7 Å². The molecule has 0 bridgehead atoms. The number of carbonyl (C=O) groups is 1. The number of likely N-dealkylation sites (tertiary alicyclic amines) is 1. The summed E-state index contributed by atoms with van der Waals surface area (Å²) in [6.45, 7) is 7.56. The second-order valence-electron chi connectivity index (χ2n) is 8.72. The molecule has 2 N–H and O–H groups in total. The number of hydrogen-bond acceptors (Lipinski definition) is 6. The Bertz CT molecular complexity index is 1210. The van der Waals surface area contributed by atoms with Crippen molar-refractivity contribution in [2.24, 2.45) is 0 Å². The third-order valence-corrected chi connectivity index (χ3v) is 6.82. The molecular weight excluding hydrogens is 436 g/mol. The fraction of sp³-hybridized carbons (Fsp3) is 0.360.